The fraction of sp³-hybridized carbons (Fsp3) is 0.0370. The maximum Gasteiger partial charge on any atom is 0.335 e. The van der Waals surface area contributed by atoms with Crippen molar-refractivity contribution in [3.8, 4) is 0 Å². The van der Waals surface area contributed by atoms with Gasteiger partial charge in [0.2, 0.25) is 5.91 Å². The summed E-state index contributed by atoms with van der Waals surface area (Å²) < 4.78 is 0. The molecule has 2 saturated heterocycles. The van der Waals surface area contributed by atoms with E-state index in [0.29, 0.717) is 9.80 Å². The molecule has 2 aliphatic rings. The highest BCUT2D eigenvalue weighted by atomic mass is 16.4. The first-order valence-electron chi connectivity index (χ1n) is 11.6. The fourth-order valence-electron chi connectivity index (χ4n) is 3.81. The number of amides is 8. The Labute approximate surface area is 229 Å². The molecule has 0 bridgehead atoms. The van der Waals surface area contributed by atoms with E-state index >= 15 is 0 Å². The highest BCUT2D eigenvalue weighted by Gasteiger charge is 2.40. The number of carboxylic acids is 2. The number of aromatic carboxylic acids is 2. The van der Waals surface area contributed by atoms with Crippen molar-refractivity contribution in [2.75, 3.05) is 9.80 Å². The van der Waals surface area contributed by atoms with Crippen molar-refractivity contribution in [2.45, 2.75) is 0 Å². The Balaban J connectivity index is 1.49. The van der Waals surface area contributed by atoms with E-state index in [4.69, 9.17) is 10.2 Å². The number of carbonyl (C=O) groups excluding carboxylic acids is 6. The quantitative estimate of drug-likeness (QED) is 0.167. The molecule has 2 aromatic carbocycles. The summed E-state index contributed by atoms with van der Waals surface area (Å²) >= 11 is 0. The van der Waals surface area contributed by atoms with Gasteiger partial charge in [0.15, 0.2) is 0 Å². The number of anilines is 2. The number of carbonyl (C=O) groups is 8. The molecule has 2 fully saturated rings. The predicted octanol–water partition coefficient (Wildman–Crippen LogP) is 1.60. The SMILES string of the molecule is O=C1NC(=O)N(c2ccc(C(=O)O)cc2)C(=O)/C1=C/C=C/C=C/C1C(=O)NC(=O)N(c2ccc(C(=O)O)cc2)C1=O. The molecular formula is C27H18N4O10. The minimum absolute atomic E-state index is 0.0262. The van der Waals surface area contributed by atoms with Gasteiger partial charge in [-0.2, -0.15) is 0 Å². The molecule has 14 heteroatoms. The fourth-order valence-corrected chi connectivity index (χ4v) is 3.81. The monoisotopic (exact) mass is 558 g/mol. The molecule has 206 valence electrons. The Kier molecular flexibility index (Phi) is 7.66. The van der Waals surface area contributed by atoms with Crippen LogP contribution in [0, 0.1) is 5.92 Å². The number of benzene rings is 2. The van der Waals surface area contributed by atoms with E-state index in [0.717, 1.165) is 6.08 Å². The summed E-state index contributed by atoms with van der Waals surface area (Å²) in [6.07, 6.45) is 6.05. The van der Waals surface area contributed by atoms with Crippen LogP contribution >= 0.6 is 0 Å². The first kappa shape index (κ1) is 27.8. The van der Waals surface area contributed by atoms with Crippen LogP contribution in [0.3, 0.4) is 0 Å². The third-order valence-electron chi connectivity index (χ3n) is 5.84. The summed E-state index contributed by atoms with van der Waals surface area (Å²) in [4.78, 5) is 98.3. The van der Waals surface area contributed by atoms with Crippen LogP contribution in [0.4, 0.5) is 21.0 Å². The van der Waals surface area contributed by atoms with Crippen molar-refractivity contribution in [1.29, 1.82) is 0 Å². The number of rotatable bonds is 7. The number of carboxylic acid groups (broad SMARTS) is 2. The Bertz CT molecular complexity index is 1600. The van der Waals surface area contributed by atoms with Crippen LogP contribution in [0.1, 0.15) is 20.7 Å². The molecule has 0 radical (unpaired) electrons. The van der Waals surface area contributed by atoms with Gasteiger partial charge in [-0.25, -0.2) is 29.0 Å². The number of allylic oxidation sites excluding steroid dienone is 4. The van der Waals surface area contributed by atoms with Crippen molar-refractivity contribution >= 4 is 59.0 Å². The van der Waals surface area contributed by atoms with Gasteiger partial charge in [-0.15, -0.1) is 0 Å². The van der Waals surface area contributed by atoms with Crippen LogP contribution in [0.2, 0.25) is 0 Å². The molecule has 1 atom stereocenters. The Morgan fingerprint density at radius 2 is 1.20 bits per heavy atom. The van der Waals surface area contributed by atoms with Gasteiger partial charge in [-0.05, 0) is 54.6 Å². The lowest BCUT2D eigenvalue weighted by atomic mass is 10.0. The number of hydrogen-bond donors (Lipinski definition) is 4. The third kappa shape index (κ3) is 5.65. The number of imide groups is 4. The summed E-state index contributed by atoms with van der Waals surface area (Å²) in [7, 11) is 0. The van der Waals surface area contributed by atoms with Gasteiger partial charge in [0.25, 0.3) is 17.7 Å². The average molecular weight is 558 g/mol. The number of urea groups is 2. The molecule has 41 heavy (non-hydrogen) atoms. The van der Waals surface area contributed by atoms with Gasteiger partial charge in [0.1, 0.15) is 11.5 Å². The first-order chi connectivity index (χ1) is 19.5. The van der Waals surface area contributed by atoms with E-state index in [2.05, 4.69) is 0 Å². The van der Waals surface area contributed by atoms with Crippen LogP contribution in [-0.4, -0.2) is 57.8 Å². The largest absolute Gasteiger partial charge is 0.478 e. The predicted molar refractivity (Wildman–Crippen MR) is 139 cm³/mol. The highest BCUT2D eigenvalue weighted by Crippen LogP contribution is 2.23. The third-order valence-corrected chi connectivity index (χ3v) is 5.84. The second kappa shape index (κ2) is 11.3. The molecule has 0 saturated carbocycles. The van der Waals surface area contributed by atoms with Crippen LogP contribution in [0.5, 0.6) is 0 Å². The van der Waals surface area contributed by atoms with Gasteiger partial charge >= 0.3 is 24.0 Å². The highest BCUT2D eigenvalue weighted by molar-refractivity contribution is 6.37. The summed E-state index contributed by atoms with van der Waals surface area (Å²) in [5.41, 5.74) is -0.502. The van der Waals surface area contributed by atoms with Crippen LogP contribution < -0.4 is 20.4 Å². The standard InChI is InChI=1S/C27H18N4O10/c32-20-18(22(34)30(26(40)28-20)16-10-6-14(7-11-16)24(36)37)4-2-1-3-5-19-21(33)29-27(41)31(23(19)35)17-12-8-15(9-13-17)25(38)39/h1-13,18H,(H,36,37)(H,38,39)(H,28,32,40)(H,29,33,41)/b3-1+,4-2+,19-5+. The number of hydrogen-bond acceptors (Lipinski definition) is 8. The number of nitrogens with zero attached hydrogens (tertiary/aromatic N) is 2. The minimum Gasteiger partial charge on any atom is -0.478 e. The summed E-state index contributed by atoms with van der Waals surface area (Å²) in [5, 5.41) is 22.1. The maximum atomic E-state index is 12.9. The Hall–Kier alpha value is -6.18. The minimum atomic E-state index is -1.43. The molecular weight excluding hydrogens is 540 g/mol. The van der Waals surface area contributed by atoms with E-state index in [1.54, 1.807) is 0 Å². The van der Waals surface area contributed by atoms with E-state index in [-0.39, 0.29) is 22.5 Å². The number of barbiturate groups is 2. The molecule has 0 aliphatic carbocycles. The van der Waals surface area contributed by atoms with Crippen molar-refractivity contribution in [3.63, 3.8) is 0 Å². The van der Waals surface area contributed by atoms with E-state index in [1.807, 2.05) is 10.6 Å². The van der Waals surface area contributed by atoms with Gasteiger partial charge in [0.05, 0.1) is 22.5 Å². The van der Waals surface area contributed by atoms with Crippen molar-refractivity contribution < 1.29 is 48.6 Å². The Morgan fingerprint density at radius 1 is 0.683 bits per heavy atom. The average Bonchev–Trinajstić information content (AvgIpc) is 2.92. The van der Waals surface area contributed by atoms with E-state index in [9.17, 15) is 38.4 Å². The molecule has 0 spiro atoms. The van der Waals surface area contributed by atoms with Crippen molar-refractivity contribution in [2.24, 2.45) is 5.92 Å². The lowest BCUT2D eigenvalue weighted by molar-refractivity contribution is -0.132. The van der Waals surface area contributed by atoms with Gasteiger partial charge in [-0.3, -0.25) is 29.8 Å². The summed E-state index contributed by atoms with van der Waals surface area (Å²) in [5.74, 6) is -7.57. The van der Waals surface area contributed by atoms with Gasteiger partial charge in [0, 0.05) is 0 Å². The zero-order valence-corrected chi connectivity index (χ0v) is 20.6. The molecule has 0 aromatic heterocycles. The molecule has 2 aliphatic heterocycles. The smallest absolute Gasteiger partial charge is 0.335 e. The van der Waals surface area contributed by atoms with E-state index in [1.165, 1.54) is 72.8 Å². The first-order valence-corrected chi connectivity index (χ1v) is 11.6. The lowest BCUT2D eigenvalue weighted by Crippen LogP contribution is -2.57. The Morgan fingerprint density at radius 3 is 1.73 bits per heavy atom. The van der Waals surface area contributed by atoms with Crippen LogP contribution in [0.25, 0.3) is 0 Å². The molecule has 14 nitrogen and oxygen atoms in total. The zero-order valence-electron chi connectivity index (χ0n) is 20.6. The maximum absolute atomic E-state index is 12.9. The molecule has 1 unspecified atom stereocenters. The molecule has 8 amide bonds. The van der Waals surface area contributed by atoms with E-state index < -0.39 is 59.1 Å². The summed E-state index contributed by atoms with van der Waals surface area (Å²) in [6, 6.07) is 7.66. The molecule has 2 aromatic rings. The van der Waals surface area contributed by atoms with Crippen LogP contribution in [-0.2, 0) is 19.2 Å². The van der Waals surface area contributed by atoms with Gasteiger partial charge in [-0.1, -0.05) is 24.3 Å². The molecule has 2 heterocycles. The van der Waals surface area contributed by atoms with Crippen molar-refractivity contribution in [3.05, 3.63) is 95.6 Å². The molecule has 4 N–H and O–H groups in total. The number of nitrogens with one attached hydrogen (secondary N) is 2. The summed E-state index contributed by atoms with van der Waals surface area (Å²) in [6.45, 7) is 0. The molecule has 4 rings (SSSR count). The topological polar surface area (TPSA) is 208 Å². The second-order valence-electron chi connectivity index (χ2n) is 8.40. The zero-order chi connectivity index (χ0) is 29.8. The van der Waals surface area contributed by atoms with Crippen molar-refractivity contribution in [1.82, 2.24) is 10.6 Å². The second-order valence-corrected chi connectivity index (χ2v) is 8.40. The van der Waals surface area contributed by atoms with Crippen LogP contribution in [0.15, 0.2) is 84.5 Å². The van der Waals surface area contributed by atoms with Gasteiger partial charge < -0.3 is 10.2 Å². The normalized spacial score (nSPS) is 18.8. The lowest BCUT2D eigenvalue weighted by Gasteiger charge is -2.28.